The summed E-state index contributed by atoms with van der Waals surface area (Å²) >= 11 is 6.37. The van der Waals surface area contributed by atoms with Gasteiger partial charge >= 0.3 is 0 Å². The number of carbonyl (C=O) groups excluding carboxylic acids is 4. The van der Waals surface area contributed by atoms with Crippen LogP contribution in [0.4, 0.5) is 5.69 Å². The number of rotatable bonds is 10. The fraction of sp³-hybridized carbons (Fsp3) is 0.333. The molecule has 194 valence electrons. The SMILES string of the molecule is CNCCOCCc1ccc(NC(=O)C=Cc2ccc3c(c2)CN(C2CCC(=O)NC2=O)C3=O)cc1Cl. The molecule has 0 spiro atoms. The van der Waals surface area contributed by atoms with E-state index in [0.717, 1.165) is 23.2 Å². The average molecular weight is 525 g/mol. The number of anilines is 1. The maximum atomic E-state index is 12.8. The highest BCUT2D eigenvalue weighted by molar-refractivity contribution is 6.31. The third-order valence-corrected chi connectivity index (χ3v) is 6.66. The molecule has 1 atom stereocenters. The van der Waals surface area contributed by atoms with E-state index in [1.165, 1.54) is 11.0 Å². The summed E-state index contributed by atoms with van der Waals surface area (Å²) in [5.41, 5.74) is 3.57. The van der Waals surface area contributed by atoms with Crippen molar-refractivity contribution in [3.05, 3.63) is 69.8 Å². The molecule has 0 aliphatic carbocycles. The lowest BCUT2D eigenvalue weighted by Gasteiger charge is -2.29. The molecule has 4 rings (SSSR count). The zero-order chi connectivity index (χ0) is 26.4. The van der Waals surface area contributed by atoms with Crippen molar-refractivity contribution in [3.63, 3.8) is 0 Å². The highest BCUT2D eigenvalue weighted by Gasteiger charge is 2.38. The molecule has 2 aliphatic rings. The van der Waals surface area contributed by atoms with Crippen molar-refractivity contribution >= 4 is 47.0 Å². The Morgan fingerprint density at radius 2 is 2.03 bits per heavy atom. The number of halogens is 1. The van der Waals surface area contributed by atoms with Crippen LogP contribution in [0.25, 0.3) is 6.08 Å². The van der Waals surface area contributed by atoms with Gasteiger partial charge in [-0.2, -0.15) is 0 Å². The van der Waals surface area contributed by atoms with E-state index in [2.05, 4.69) is 16.0 Å². The van der Waals surface area contributed by atoms with Gasteiger partial charge in [0.2, 0.25) is 17.7 Å². The first-order chi connectivity index (χ1) is 17.9. The normalized spacial score (nSPS) is 17.3. The van der Waals surface area contributed by atoms with Gasteiger partial charge in [-0.3, -0.25) is 24.5 Å². The van der Waals surface area contributed by atoms with Crippen LogP contribution in [0, 0.1) is 0 Å². The largest absolute Gasteiger partial charge is 0.380 e. The summed E-state index contributed by atoms with van der Waals surface area (Å²) in [5.74, 6) is -1.32. The molecule has 37 heavy (non-hydrogen) atoms. The fourth-order valence-electron chi connectivity index (χ4n) is 4.34. The standard InChI is InChI=1S/C27H29ClN4O5/c1-29-11-13-37-12-10-18-4-5-20(15-22(18)28)30-24(33)8-3-17-2-6-21-19(14-17)16-32(27(21)36)23-7-9-25(34)31-26(23)35/h2-6,8,14-15,23,29H,7,9-13,16H2,1H3,(H,30,33)(H,31,34,35). The lowest BCUT2D eigenvalue weighted by molar-refractivity contribution is -0.136. The van der Waals surface area contributed by atoms with Crippen LogP contribution in [0.5, 0.6) is 0 Å². The van der Waals surface area contributed by atoms with E-state index < -0.39 is 11.9 Å². The molecule has 9 nitrogen and oxygen atoms in total. The molecule has 2 aromatic carbocycles. The third-order valence-electron chi connectivity index (χ3n) is 6.31. The van der Waals surface area contributed by atoms with Crippen LogP contribution in [-0.2, 0) is 32.1 Å². The summed E-state index contributed by atoms with van der Waals surface area (Å²) in [5, 5.41) is 8.67. The zero-order valence-corrected chi connectivity index (χ0v) is 21.3. The van der Waals surface area contributed by atoms with Gasteiger partial charge < -0.3 is 20.3 Å². The monoisotopic (exact) mass is 524 g/mol. The fourth-order valence-corrected chi connectivity index (χ4v) is 4.62. The summed E-state index contributed by atoms with van der Waals surface area (Å²) in [6, 6.07) is 9.99. The molecule has 0 aromatic heterocycles. The molecule has 0 saturated carbocycles. The van der Waals surface area contributed by atoms with Crippen LogP contribution in [0.2, 0.25) is 5.02 Å². The minimum absolute atomic E-state index is 0.207. The quantitative estimate of drug-likeness (QED) is 0.250. The van der Waals surface area contributed by atoms with Crippen molar-refractivity contribution in [1.29, 1.82) is 0 Å². The Hall–Kier alpha value is -3.53. The smallest absolute Gasteiger partial charge is 0.255 e. The molecule has 1 unspecified atom stereocenters. The summed E-state index contributed by atoms with van der Waals surface area (Å²) in [7, 11) is 1.87. The van der Waals surface area contributed by atoms with E-state index in [1.54, 1.807) is 30.3 Å². The van der Waals surface area contributed by atoms with E-state index in [-0.39, 0.29) is 30.7 Å². The van der Waals surface area contributed by atoms with Gasteiger partial charge in [-0.25, -0.2) is 0 Å². The number of hydrogen-bond acceptors (Lipinski definition) is 6. The zero-order valence-electron chi connectivity index (χ0n) is 20.5. The van der Waals surface area contributed by atoms with Crippen LogP contribution in [0.3, 0.4) is 0 Å². The number of benzene rings is 2. The lowest BCUT2D eigenvalue weighted by Crippen LogP contribution is -2.52. The predicted molar refractivity (Wildman–Crippen MR) is 140 cm³/mol. The molecule has 3 N–H and O–H groups in total. The van der Waals surface area contributed by atoms with Crippen LogP contribution >= 0.6 is 11.6 Å². The topological polar surface area (TPSA) is 117 Å². The Labute approximate surface area is 220 Å². The number of hydrogen-bond donors (Lipinski definition) is 3. The van der Waals surface area contributed by atoms with Crippen molar-refractivity contribution < 1.29 is 23.9 Å². The summed E-state index contributed by atoms with van der Waals surface area (Å²) in [6.07, 6.45) is 4.27. The van der Waals surface area contributed by atoms with Gasteiger partial charge in [-0.15, -0.1) is 0 Å². The Kier molecular flexibility index (Phi) is 8.70. The average Bonchev–Trinajstić information content (AvgIpc) is 3.19. The number of imide groups is 1. The molecule has 4 amide bonds. The van der Waals surface area contributed by atoms with E-state index in [9.17, 15) is 19.2 Å². The second-order valence-corrected chi connectivity index (χ2v) is 9.32. The number of fused-ring (bicyclic) bond motifs is 1. The van der Waals surface area contributed by atoms with Gasteiger partial charge in [0.25, 0.3) is 5.91 Å². The summed E-state index contributed by atoms with van der Waals surface area (Å²) < 4.78 is 5.53. The van der Waals surface area contributed by atoms with Gasteiger partial charge in [0.05, 0.1) is 13.2 Å². The molecule has 0 radical (unpaired) electrons. The molecule has 2 aliphatic heterocycles. The van der Waals surface area contributed by atoms with Crippen molar-refractivity contribution in [1.82, 2.24) is 15.5 Å². The van der Waals surface area contributed by atoms with Gasteiger partial charge in [0, 0.05) is 41.9 Å². The van der Waals surface area contributed by atoms with E-state index >= 15 is 0 Å². The van der Waals surface area contributed by atoms with Crippen LogP contribution in [-0.4, -0.2) is 61.4 Å². The van der Waals surface area contributed by atoms with Crippen molar-refractivity contribution in [2.75, 3.05) is 32.1 Å². The maximum absolute atomic E-state index is 12.8. The number of nitrogens with one attached hydrogen (secondary N) is 3. The second kappa shape index (κ2) is 12.1. The van der Waals surface area contributed by atoms with E-state index in [4.69, 9.17) is 16.3 Å². The second-order valence-electron chi connectivity index (χ2n) is 8.91. The molecular formula is C27H29ClN4O5. The Morgan fingerprint density at radius 1 is 1.19 bits per heavy atom. The van der Waals surface area contributed by atoms with Gasteiger partial charge in [0.15, 0.2) is 0 Å². The van der Waals surface area contributed by atoms with E-state index in [1.807, 2.05) is 19.2 Å². The van der Waals surface area contributed by atoms with Gasteiger partial charge in [-0.1, -0.05) is 23.7 Å². The number of piperidine rings is 1. The number of nitrogens with zero attached hydrogens (tertiary/aromatic N) is 1. The minimum atomic E-state index is -0.661. The third kappa shape index (κ3) is 6.62. The maximum Gasteiger partial charge on any atom is 0.255 e. The first-order valence-corrected chi connectivity index (χ1v) is 12.5. The first-order valence-electron chi connectivity index (χ1n) is 12.1. The Balaban J connectivity index is 1.33. The van der Waals surface area contributed by atoms with Crippen molar-refractivity contribution in [2.45, 2.75) is 31.8 Å². The number of ether oxygens (including phenoxy) is 1. The molecule has 1 fully saturated rings. The highest BCUT2D eigenvalue weighted by atomic mass is 35.5. The minimum Gasteiger partial charge on any atom is -0.380 e. The first kappa shape index (κ1) is 26.5. The number of amides is 4. The van der Waals surface area contributed by atoms with Crippen molar-refractivity contribution in [3.8, 4) is 0 Å². The van der Waals surface area contributed by atoms with E-state index in [0.29, 0.717) is 42.3 Å². The lowest BCUT2D eigenvalue weighted by atomic mass is 10.0. The Bertz CT molecular complexity index is 1250. The van der Waals surface area contributed by atoms with Crippen molar-refractivity contribution in [2.24, 2.45) is 0 Å². The predicted octanol–water partition coefficient (Wildman–Crippen LogP) is 2.53. The number of likely N-dealkylation sites (N-methyl/N-ethyl adjacent to an activating group) is 1. The summed E-state index contributed by atoms with van der Waals surface area (Å²) in [4.78, 5) is 50.4. The molecule has 10 heteroatoms. The van der Waals surface area contributed by atoms with Crippen LogP contribution < -0.4 is 16.0 Å². The molecule has 2 heterocycles. The molecule has 2 aromatic rings. The van der Waals surface area contributed by atoms with Gasteiger partial charge in [-0.05, 0) is 66.9 Å². The molecule has 0 bridgehead atoms. The summed E-state index contributed by atoms with van der Waals surface area (Å²) in [6.45, 7) is 2.26. The van der Waals surface area contributed by atoms with Gasteiger partial charge in [0.1, 0.15) is 6.04 Å². The Morgan fingerprint density at radius 3 is 2.78 bits per heavy atom. The molecular weight excluding hydrogens is 496 g/mol. The van der Waals surface area contributed by atoms with Crippen LogP contribution in [0.1, 0.15) is 39.9 Å². The highest BCUT2D eigenvalue weighted by Crippen LogP contribution is 2.28. The van der Waals surface area contributed by atoms with Crippen LogP contribution in [0.15, 0.2) is 42.5 Å². The number of carbonyl (C=O) groups is 4. The molecule has 1 saturated heterocycles.